The van der Waals surface area contributed by atoms with Crippen LogP contribution in [0.25, 0.3) is 6.08 Å². The molecule has 0 aliphatic carbocycles. The molecular weight excluding hydrogens is 432 g/mol. The van der Waals surface area contributed by atoms with Gasteiger partial charge in [-0.05, 0) is 48.9 Å². The summed E-state index contributed by atoms with van der Waals surface area (Å²) in [4.78, 5) is 12.6. The molecule has 1 N–H and O–H groups in total. The van der Waals surface area contributed by atoms with Gasteiger partial charge in [0, 0.05) is 19.2 Å². The summed E-state index contributed by atoms with van der Waals surface area (Å²) in [5.74, 6) is 1.10. The fourth-order valence-electron chi connectivity index (χ4n) is 3.07. The third-order valence-corrected chi connectivity index (χ3v) is 6.73. The summed E-state index contributed by atoms with van der Waals surface area (Å²) in [7, 11) is -0.678. The van der Waals surface area contributed by atoms with Gasteiger partial charge in [0.05, 0.1) is 31.4 Å². The molecule has 0 saturated carbocycles. The molecule has 0 saturated heterocycles. The Morgan fingerprint density at radius 3 is 2.22 bits per heavy atom. The van der Waals surface area contributed by atoms with E-state index in [0.717, 1.165) is 5.56 Å². The van der Waals surface area contributed by atoms with Crippen molar-refractivity contribution in [3.63, 3.8) is 0 Å². The quantitative estimate of drug-likeness (QED) is 0.511. The summed E-state index contributed by atoms with van der Waals surface area (Å²) in [5, 5.41) is 2.69. The lowest BCUT2D eigenvalue weighted by Crippen LogP contribution is -2.30. The van der Waals surface area contributed by atoms with E-state index in [9.17, 15) is 13.2 Å². The van der Waals surface area contributed by atoms with E-state index >= 15 is 0 Å². The molecule has 2 aromatic carbocycles. The van der Waals surface area contributed by atoms with E-state index < -0.39 is 15.9 Å². The molecular formula is C23H30N2O6S. The number of amides is 1. The number of rotatable bonds is 11. The van der Waals surface area contributed by atoms with Crippen LogP contribution < -0.4 is 19.5 Å². The smallest absolute Gasteiger partial charge is 0.248 e. The van der Waals surface area contributed by atoms with Gasteiger partial charge in [0.1, 0.15) is 5.75 Å². The first-order valence-corrected chi connectivity index (χ1v) is 11.7. The minimum atomic E-state index is -3.67. The molecule has 32 heavy (non-hydrogen) atoms. The first kappa shape index (κ1) is 25.2. The van der Waals surface area contributed by atoms with Crippen molar-refractivity contribution in [3.8, 4) is 17.2 Å². The molecule has 0 atom stereocenters. The van der Waals surface area contributed by atoms with Gasteiger partial charge in [-0.2, -0.15) is 4.31 Å². The number of ether oxygens (including phenoxy) is 3. The highest BCUT2D eigenvalue weighted by molar-refractivity contribution is 7.89. The number of anilines is 1. The normalized spacial score (nSPS) is 11.6. The van der Waals surface area contributed by atoms with E-state index in [2.05, 4.69) is 5.32 Å². The lowest BCUT2D eigenvalue weighted by atomic mass is 10.2. The predicted octanol–water partition coefficient (Wildman–Crippen LogP) is 3.78. The van der Waals surface area contributed by atoms with E-state index in [4.69, 9.17) is 14.2 Å². The van der Waals surface area contributed by atoms with Crippen molar-refractivity contribution in [2.24, 2.45) is 0 Å². The molecule has 0 aliphatic rings. The Labute approximate surface area is 189 Å². The van der Waals surface area contributed by atoms with Crippen LogP contribution in [0.1, 0.15) is 26.3 Å². The maximum absolute atomic E-state index is 12.8. The highest BCUT2D eigenvalue weighted by Gasteiger charge is 2.23. The highest BCUT2D eigenvalue weighted by Crippen LogP contribution is 2.30. The molecule has 1 amide bonds. The van der Waals surface area contributed by atoms with E-state index in [1.54, 1.807) is 45.2 Å². The molecule has 0 bridgehead atoms. The van der Waals surface area contributed by atoms with E-state index in [1.807, 2.05) is 6.92 Å². The molecule has 174 valence electrons. The maximum Gasteiger partial charge on any atom is 0.248 e. The summed E-state index contributed by atoms with van der Waals surface area (Å²) in [5.41, 5.74) is 1.00. The van der Waals surface area contributed by atoms with Gasteiger partial charge >= 0.3 is 0 Å². The van der Waals surface area contributed by atoms with Crippen molar-refractivity contribution in [3.05, 3.63) is 48.0 Å². The monoisotopic (exact) mass is 462 g/mol. The standard InChI is InChI=1S/C23H30N2O6S/c1-6-25(7-2)32(27,28)18-11-13-20(29-4)19(16-18)24-23(26)14-10-17-9-12-21(31-8-3)22(15-17)30-5/h9-16H,6-8H2,1-5H3,(H,24,26)/b14-10+. The largest absolute Gasteiger partial charge is 0.495 e. The summed E-state index contributed by atoms with van der Waals surface area (Å²) in [6.45, 7) is 6.64. The average molecular weight is 463 g/mol. The van der Waals surface area contributed by atoms with Gasteiger partial charge in [0.2, 0.25) is 15.9 Å². The van der Waals surface area contributed by atoms with Gasteiger partial charge in [-0.25, -0.2) is 8.42 Å². The van der Waals surface area contributed by atoms with Gasteiger partial charge in [-0.1, -0.05) is 19.9 Å². The van der Waals surface area contributed by atoms with E-state index in [-0.39, 0.29) is 10.6 Å². The molecule has 8 nitrogen and oxygen atoms in total. The van der Waals surface area contributed by atoms with Crippen LogP contribution in [0.4, 0.5) is 5.69 Å². The zero-order valence-corrected chi connectivity index (χ0v) is 19.9. The van der Waals surface area contributed by atoms with Crippen molar-refractivity contribution in [1.29, 1.82) is 0 Å². The number of hydrogen-bond acceptors (Lipinski definition) is 6. The zero-order valence-electron chi connectivity index (χ0n) is 19.0. The molecule has 9 heteroatoms. The molecule has 0 aliphatic heterocycles. The Kier molecular flexibility index (Phi) is 9.10. The number of methoxy groups -OCH3 is 2. The second kappa shape index (κ2) is 11.5. The highest BCUT2D eigenvalue weighted by atomic mass is 32.2. The number of hydrogen-bond donors (Lipinski definition) is 1. The number of benzene rings is 2. The van der Waals surface area contributed by atoms with Gasteiger partial charge in [-0.3, -0.25) is 4.79 Å². The van der Waals surface area contributed by atoms with Crippen LogP contribution in [-0.2, 0) is 14.8 Å². The molecule has 0 spiro atoms. The minimum Gasteiger partial charge on any atom is -0.495 e. The topological polar surface area (TPSA) is 94.2 Å². The summed E-state index contributed by atoms with van der Waals surface area (Å²) < 4.78 is 43.1. The lowest BCUT2D eigenvalue weighted by molar-refractivity contribution is -0.111. The van der Waals surface area contributed by atoms with E-state index in [0.29, 0.717) is 36.9 Å². The number of carbonyl (C=O) groups is 1. The third-order valence-electron chi connectivity index (χ3n) is 4.69. The van der Waals surface area contributed by atoms with Crippen LogP contribution in [-0.4, -0.2) is 52.5 Å². The number of nitrogens with one attached hydrogen (secondary N) is 1. The molecule has 2 aromatic rings. The third kappa shape index (κ3) is 6.02. The summed E-state index contributed by atoms with van der Waals surface area (Å²) in [6, 6.07) is 9.71. The SMILES string of the molecule is CCOc1ccc(/C=C/C(=O)Nc2cc(S(=O)(=O)N(CC)CC)ccc2OC)cc1OC. The van der Waals surface area contributed by atoms with Crippen LogP contribution in [0, 0.1) is 0 Å². The van der Waals surface area contributed by atoms with Crippen LogP contribution in [0.5, 0.6) is 17.2 Å². The second-order valence-corrected chi connectivity index (χ2v) is 8.56. The average Bonchev–Trinajstić information content (AvgIpc) is 2.79. The fraction of sp³-hybridized carbons (Fsp3) is 0.348. The van der Waals surface area contributed by atoms with Gasteiger partial charge < -0.3 is 19.5 Å². The van der Waals surface area contributed by atoms with Gasteiger partial charge in [-0.15, -0.1) is 0 Å². The second-order valence-electron chi connectivity index (χ2n) is 6.62. The van der Waals surface area contributed by atoms with Crippen molar-refractivity contribution in [2.45, 2.75) is 25.7 Å². The van der Waals surface area contributed by atoms with Crippen LogP contribution in [0.2, 0.25) is 0 Å². The Morgan fingerprint density at radius 1 is 0.969 bits per heavy atom. The fourth-order valence-corrected chi connectivity index (χ4v) is 4.55. The zero-order chi connectivity index (χ0) is 23.7. The van der Waals surface area contributed by atoms with Gasteiger partial charge in [0.25, 0.3) is 0 Å². The van der Waals surface area contributed by atoms with Crippen molar-refractivity contribution in [2.75, 3.05) is 39.2 Å². The number of carbonyl (C=O) groups excluding carboxylic acids is 1. The first-order valence-electron chi connectivity index (χ1n) is 10.3. The molecule has 0 heterocycles. The molecule has 0 aromatic heterocycles. The molecule has 0 fully saturated rings. The van der Waals surface area contributed by atoms with Crippen LogP contribution in [0.15, 0.2) is 47.4 Å². The van der Waals surface area contributed by atoms with Crippen molar-refractivity contribution >= 4 is 27.7 Å². The first-order chi connectivity index (χ1) is 15.3. The Hall–Kier alpha value is -3.04. The van der Waals surface area contributed by atoms with Gasteiger partial charge in [0.15, 0.2) is 11.5 Å². The van der Waals surface area contributed by atoms with Crippen molar-refractivity contribution < 1.29 is 27.4 Å². The number of sulfonamides is 1. The van der Waals surface area contributed by atoms with Crippen LogP contribution in [0.3, 0.4) is 0 Å². The molecule has 2 rings (SSSR count). The Morgan fingerprint density at radius 2 is 1.62 bits per heavy atom. The predicted molar refractivity (Wildman–Crippen MR) is 125 cm³/mol. The lowest BCUT2D eigenvalue weighted by Gasteiger charge is -2.19. The summed E-state index contributed by atoms with van der Waals surface area (Å²) >= 11 is 0. The Bertz CT molecular complexity index is 1060. The van der Waals surface area contributed by atoms with Crippen LogP contribution >= 0.6 is 0 Å². The number of nitrogens with zero attached hydrogens (tertiary/aromatic N) is 1. The Balaban J connectivity index is 2.25. The molecule has 0 unspecified atom stereocenters. The van der Waals surface area contributed by atoms with E-state index in [1.165, 1.54) is 35.7 Å². The molecule has 0 radical (unpaired) electrons. The maximum atomic E-state index is 12.8. The van der Waals surface area contributed by atoms with Crippen molar-refractivity contribution in [1.82, 2.24) is 4.31 Å². The summed E-state index contributed by atoms with van der Waals surface area (Å²) in [6.07, 6.45) is 2.97. The minimum absolute atomic E-state index is 0.0810.